The molecule has 0 heterocycles. The minimum Gasteiger partial charge on any atom is -0.317 e. The normalized spacial score (nSPS) is 14.7. The van der Waals surface area contributed by atoms with Crippen LogP contribution in [-0.2, 0) is 0 Å². The van der Waals surface area contributed by atoms with Gasteiger partial charge in [0.2, 0.25) is 0 Å². The smallest absolute Gasteiger partial charge is 0.0592 e. The van der Waals surface area contributed by atoms with Gasteiger partial charge >= 0.3 is 0 Å². The van der Waals surface area contributed by atoms with Crippen molar-refractivity contribution in [2.45, 2.75) is 18.9 Å². The van der Waals surface area contributed by atoms with Crippen LogP contribution in [0.2, 0.25) is 10.0 Å². The molecule has 13 heavy (non-hydrogen) atoms. The maximum Gasteiger partial charge on any atom is 0.0592 e. The van der Waals surface area contributed by atoms with E-state index in [0.717, 1.165) is 6.04 Å². The van der Waals surface area contributed by atoms with E-state index in [4.69, 9.17) is 23.2 Å². The van der Waals surface area contributed by atoms with Crippen LogP contribution in [0.3, 0.4) is 0 Å². The summed E-state index contributed by atoms with van der Waals surface area (Å²) in [6.07, 6.45) is 2.80. The summed E-state index contributed by atoms with van der Waals surface area (Å²) in [5, 5.41) is 4.35. The number of benzene rings is 1. The lowest BCUT2D eigenvalue weighted by molar-refractivity contribution is 0.811. The molecule has 0 amide bonds. The summed E-state index contributed by atoms with van der Waals surface area (Å²) in [7, 11) is 2.01. The molecule has 0 radical (unpaired) electrons. The Morgan fingerprint density at radius 3 is 1.77 bits per heavy atom. The van der Waals surface area contributed by atoms with E-state index in [1.165, 1.54) is 12.8 Å². The first-order valence-corrected chi connectivity index (χ1v) is 5.07. The van der Waals surface area contributed by atoms with Gasteiger partial charge in [0.25, 0.3) is 0 Å². The second-order valence-corrected chi connectivity index (χ2v) is 3.79. The monoisotopic (exact) mass is 217 g/mol. The van der Waals surface area contributed by atoms with Crippen LogP contribution in [-0.4, -0.2) is 13.1 Å². The van der Waals surface area contributed by atoms with Crippen molar-refractivity contribution < 1.29 is 0 Å². The van der Waals surface area contributed by atoms with Crippen molar-refractivity contribution in [3.63, 3.8) is 0 Å². The molecule has 0 unspecified atom stereocenters. The van der Waals surface area contributed by atoms with E-state index in [9.17, 15) is 0 Å². The Morgan fingerprint density at radius 1 is 1.15 bits per heavy atom. The van der Waals surface area contributed by atoms with Crippen molar-refractivity contribution in [1.29, 1.82) is 0 Å². The Bertz CT molecular complexity index is 238. The summed E-state index contributed by atoms with van der Waals surface area (Å²) in [6.45, 7) is 0. The molecule has 2 rings (SSSR count). The van der Waals surface area contributed by atoms with Crippen molar-refractivity contribution in [3.8, 4) is 0 Å². The Hall–Kier alpha value is -0.240. The Balaban J connectivity index is 0.000000145. The van der Waals surface area contributed by atoms with Gasteiger partial charge in [-0.2, -0.15) is 0 Å². The molecule has 1 saturated carbocycles. The largest absolute Gasteiger partial charge is 0.317 e. The number of nitrogens with one attached hydrogen (secondary N) is 1. The predicted octanol–water partition coefficient (Wildman–Crippen LogP) is 3.36. The number of rotatable bonds is 1. The lowest BCUT2D eigenvalue weighted by Gasteiger charge is -1.88. The summed E-state index contributed by atoms with van der Waals surface area (Å²) < 4.78 is 0. The van der Waals surface area contributed by atoms with E-state index in [2.05, 4.69) is 5.32 Å². The van der Waals surface area contributed by atoms with Gasteiger partial charge in [0.1, 0.15) is 0 Å². The van der Waals surface area contributed by atoms with Gasteiger partial charge in [-0.05, 0) is 32.0 Å². The van der Waals surface area contributed by atoms with Crippen LogP contribution in [0.4, 0.5) is 0 Å². The zero-order valence-corrected chi connectivity index (χ0v) is 9.07. The molecule has 1 aliphatic rings. The van der Waals surface area contributed by atoms with Gasteiger partial charge < -0.3 is 5.32 Å². The van der Waals surface area contributed by atoms with Crippen LogP contribution in [0, 0.1) is 0 Å². The average Bonchev–Trinajstić information content (AvgIpc) is 2.94. The van der Waals surface area contributed by atoms with Crippen LogP contribution < -0.4 is 5.32 Å². The summed E-state index contributed by atoms with van der Waals surface area (Å²) in [5.74, 6) is 0. The molecule has 1 aromatic carbocycles. The van der Waals surface area contributed by atoms with E-state index in [1.807, 2.05) is 19.2 Å². The third kappa shape index (κ3) is 4.51. The van der Waals surface area contributed by atoms with E-state index in [1.54, 1.807) is 12.1 Å². The zero-order valence-electron chi connectivity index (χ0n) is 7.56. The molecule has 0 bridgehead atoms. The molecule has 0 aromatic heterocycles. The van der Waals surface area contributed by atoms with Crippen LogP contribution in [0.5, 0.6) is 0 Å². The second-order valence-electron chi connectivity index (χ2n) is 2.98. The number of hydrogen-bond donors (Lipinski definition) is 1. The van der Waals surface area contributed by atoms with Crippen LogP contribution >= 0.6 is 23.2 Å². The summed E-state index contributed by atoms with van der Waals surface area (Å²) in [5.41, 5.74) is 0. The van der Waals surface area contributed by atoms with Crippen molar-refractivity contribution in [2.24, 2.45) is 0 Å². The number of halogens is 2. The van der Waals surface area contributed by atoms with Crippen molar-refractivity contribution in [3.05, 3.63) is 34.3 Å². The Kier molecular flexibility index (Phi) is 4.57. The highest BCUT2D eigenvalue weighted by Crippen LogP contribution is 2.19. The second kappa shape index (κ2) is 5.48. The topological polar surface area (TPSA) is 12.0 Å². The summed E-state index contributed by atoms with van der Waals surface area (Å²) in [4.78, 5) is 0. The van der Waals surface area contributed by atoms with Crippen LogP contribution in [0.15, 0.2) is 24.3 Å². The van der Waals surface area contributed by atoms with E-state index >= 15 is 0 Å². The Morgan fingerprint density at radius 2 is 1.62 bits per heavy atom. The summed E-state index contributed by atoms with van der Waals surface area (Å²) in [6, 6.07) is 8.07. The predicted molar refractivity (Wildman–Crippen MR) is 58.5 cm³/mol. The third-order valence-corrected chi connectivity index (χ3v) is 2.57. The van der Waals surface area contributed by atoms with E-state index in [0.29, 0.717) is 10.0 Å². The fraction of sp³-hybridized carbons (Fsp3) is 0.400. The maximum absolute atomic E-state index is 5.58. The molecule has 0 atom stereocenters. The molecule has 0 saturated heterocycles. The molecular formula is C10H13Cl2N. The lowest BCUT2D eigenvalue weighted by Crippen LogP contribution is -2.06. The minimum absolute atomic E-state index is 0.606. The molecule has 1 aliphatic carbocycles. The molecule has 0 aliphatic heterocycles. The van der Waals surface area contributed by atoms with Gasteiger partial charge in [-0.25, -0.2) is 0 Å². The quantitative estimate of drug-likeness (QED) is 0.762. The first kappa shape index (κ1) is 10.8. The minimum atomic E-state index is 0.606. The summed E-state index contributed by atoms with van der Waals surface area (Å²) >= 11 is 11.2. The van der Waals surface area contributed by atoms with Crippen LogP contribution in [0.25, 0.3) is 0 Å². The number of hydrogen-bond acceptors (Lipinski definition) is 1. The maximum atomic E-state index is 5.58. The third-order valence-electron chi connectivity index (χ3n) is 1.81. The highest BCUT2D eigenvalue weighted by Gasteiger charge is 2.17. The Labute approximate surface area is 89.0 Å². The van der Waals surface area contributed by atoms with Gasteiger partial charge in [-0.1, -0.05) is 35.3 Å². The fourth-order valence-electron chi connectivity index (χ4n) is 0.811. The van der Waals surface area contributed by atoms with Crippen molar-refractivity contribution in [2.75, 3.05) is 7.05 Å². The van der Waals surface area contributed by atoms with Crippen molar-refractivity contribution >= 4 is 23.2 Å². The molecule has 1 nitrogen and oxygen atoms in total. The van der Waals surface area contributed by atoms with Gasteiger partial charge in [0.05, 0.1) is 10.0 Å². The highest BCUT2D eigenvalue weighted by molar-refractivity contribution is 6.41. The van der Waals surface area contributed by atoms with E-state index < -0.39 is 0 Å². The molecule has 0 spiro atoms. The molecule has 72 valence electrons. The fourth-order valence-corrected chi connectivity index (χ4v) is 1.08. The average molecular weight is 218 g/mol. The molecule has 1 aromatic rings. The van der Waals surface area contributed by atoms with Crippen LogP contribution in [0.1, 0.15) is 12.8 Å². The first-order chi connectivity index (χ1) is 6.24. The first-order valence-electron chi connectivity index (χ1n) is 4.31. The van der Waals surface area contributed by atoms with E-state index in [-0.39, 0.29) is 0 Å². The molecule has 1 fully saturated rings. The highest BCUT2D eigenvalue weighted by atomic mass is 35.5. The zero-order chi connectivity index (χ0) is 9.68. The van der Waals surface area contributed by atoms with Crippen molar-refractivity contribution in [1.82, 2.24) is 5.32 Å². The molecule has 1 N–H and O–H groups in total. The van der Waals surface area contributed by atoms with Gasteiger partial charge in [-0.15, -0.1) is 0 Å². The van der Waals surface area contributed by atoms with Gasteiger partial charge in [-0.3, -0.25) is 0 Å². The molecule has 3 heteroatoms. The van der Waals surface area contributed by atoms with Gasteiger partial charge in [0, 0.05) is 6.04 Å². The molecular weight excluding hydrogens is 205 g/mol. The van der Waals surface area contributed by atoms with Gasteiger partial charge in [0.15, 0.2) is 0 Å². The lowest BCUT2D eigenvalue weighted by atomic mass is 10.4. The SMILES string of the molecule is CNC1CC1.Clc1ccccc1Cl. The standard InChI is InChI=1S/C6H4Cl2.C4H9N/c7-5-3-1-2-4-6(5)8;1-5-4-2-3-4/h1-4H;4-5H,2-3H2,1H3.